The summed E-state index contributed by atoms with van der Waals surface area (Å²) in [4.78, 5) is 35.9. The van der Waals surface area contributed by atoms with Crippen LogP contribution in [0.1, 0.15) is 17.3 Å². The topological polar surface area (TPSA) is 84.9 Å². The molecule has 2 aromatic heterocycles. The fourth-order valence-electron chi connectivity index (χ4n) is 2.31. The Morgan fingerprint density at radius 2 is 1.88 bits per heavy atom. The smallest absolute Gasteiger partial charge is 0.346 e. The van der Waals surface area contributed by atoms with E-state index in [4.69, 9.17) is 4.74 Å². The lowest BCUT2D eigenvalue weighted by Crippen LogP contribution is -2.23. The van der Waals surface area contributed by atoms with Crippen molar-refractivity contribution < 1.29 is 9.53 Å². The van der Waals surface area contributed by atoms with Crippen molar-refractivity contribution in [3.05, 3.63) is 70.8 Å². The average molecular weight is 321 g/mol. The minimum absolute atomic E-state index is 0.101. The lowest BCUT2D eigenvalue weighted by atomic mass is 10.1. The maximum absolute atomic E-state index is 12.5. The number of hydrogen-bond acceptors (Lipinski definition) is 5. The highest BCUT2D eigenvalue weighted by atomic mass is 16.5. The number of aromatic nitrogens is 3. The number of esters is 1. The normalized spacial score (nSPS) is 10.4. The SMILES string of the molecule is CCOC(=O)c1c(-c2ccccc2)nc(-c2cccnc2)[nH]c1=O. The third-order valence-electron chi connectivity index (χ3n) is 3.38. The number of pyridine rings is 1. The summed E-state index contributed by atoms with van der Waals surface area (Å²) >= 11 is 0. The summed E-state index contributed by atoms with van der Waals surface area (Å²) in [6.07, 6.45) is 3.23. The Hall–Kier alpha value is -3.28. The second kappa shape index (κ2) is 6.87. The third-order valence-corrected chi connectivity index (χ3v) is 3.38. The molecular formula is C18H15N3O3. The Morgan fingerprint density at radius 1 is 1.12 bits per heavy atom. The number of carbonyl (C=O) groups is 1. The van der Waals surface area contributed by atoms with Crippen LogP contribution in [-0.4, -0.2) is 27.5 Å². The highest BCUT2D eigenvalue weighted by molar-refractivity contribution is 5.96. The summed E-state index contributed by atoms with van der Waals surface area (Å²) in [7, 11) is 0. The molecule has 0 aliphatic carbocycles. The van der Waals surface area contributed by atoms with Crippen LogP contribution in [0.2, 0.25) is 0 Å². The Morgan fingerprint density at radius 3 is 2.54 bits per heavy atom. The van der Waals surface area contributed by atoms with Crippen LogP contribution >= 0.6 is 0 Å². The first-order valence-corrected chi connectivity index (χ1v) is 7.48. The standard InChI is InChI=1S/C18H15N3O3/c1-2-24-18(23)14-15(12-7-4-3-5-8-12)20-16(21-17(14)22)13-9-6-10-19-11-13/h3-11H,2H2,1H3,(H,20,21,22). The summed E-state index contributed by atoms with van der Waals surface area (Å²) < 4.78 is 5.01. The zero-order valence-electron chi connectivity index (χ0n) is 13.0. The average Bonchev–Trinajstić information content (AvgIpc) is 2.62. The number of nitrogens with one attached hydrogen (secondary N) is 1. The highest BCUT2D eigenvalue weighted by Gasteiger charge is 2.21. The Labute approximate surface area is 138 Å². The fourth-order valence-corrected chi connectivity index (χ4v) is 2.31. The molecule has 0 atom stereocenters. The molecule has 2 heterocycles. The van der Waals surface area contributed by atoms with Crippen molar-refractivity contribution in [1.82, 2.24) is 15.0 Å². The molecule has 0 radical (unpaired) electrons. The van der Waals surface area contributed by atoms with Crippen molar-refractivity contribution >= 4 is 5.97 Å². The molecule has 0 saturated carbocycles. The predicted octanol–water partition coefficient (Wildman–Crippen LogP) is 2.68. The van der Waals surface area contributed by atoms with Gasteiger partial charge in [-0.1, -0.05) is 30.3 Å². The molecule has 0 fully saturated rings. The summed E-state index contributed by atoms with van der Waals surface area (Å²) in [6.45, 7) is 1.86. The molecular weight excluding hydrogens is 306 g/mol. The van der Waals surface area contributed by atoms with Crippen LogP contribution in [0.5, 0.6) is 0 Å². The molecule has 0 bridgehead atoms. The zero-order chi connectivity index (χ0) is 16.9. The summed E-state index contributed by atoms with van der Waals surface area (Å²) in [6, 6.07) is 12.6. The molecule has 0 amide bonds. The molecule has 3 aromatic rings. The first-order valence-electron chi connectivity index (χ1n) is 7.48. The van der Waals surface area contributed by atoms with E-state index >= 15 is 0 Å². The van der Waals surface area contributed by atoms with Gasteiger partial charge in [0.05, 0.1) is 12.3 Å². The molecule has 0 spiro atoms. The Bertz CT molecular complexity index is 906. The van der Waals surface area contributed by atoms with Gasteiger partial charge < -0.3 is 9.72 Å². The molecule has 0 aliphatic rings. The van der Waals surface area contributed by atoms with Gasteiger partial charge in [0.15, 0.2) is 5.56 Å². The molecule has 0 aliphatic heterocycles. The van der Waals surface area contributed by atoms with Gasteiger partial charge in [-0.25, -0.2) is 9.78 Å². The largest absolute Gasteiger partial charge is 0.462 e. The van der Waals surface area contributed by atoms with E-state index in [1.807, 2.05) is 18.2 Å². The van der Waals surface area contributed by atoms with E-state index in [1.165, 1.54) is 0 Å². The van der Waals surface area contributed by atoms with Crippen LogP contribution in [0.3, 0.4) is 0 Å². The molecule has 0 saturated heterocycles. The number of rotatable bonds is 4. The van der Waals surface area contributed by atoms with Crippen LogP contribution < -0.4 is 5.56 Å². The second-order valence-electron chi connectivity index (χ2n) is 4.97. The van der Waals surface area contributed by atoms with E-state index in [2.05, 4.69) is 15.0 Å². The van der Waals surface area contributed by atoms with Crippen LogP contribution in [-0.2, 0) is 4.74 Å². The Balaban J connectivity index is 2.24. The molecule has 0 unspecified atom stereocenters. The number of nitrogens with zero attached hydrogens (tertiary/aromatic N) is 2. The minimum atomic E-state index is -0.692. The van der Waals surface area contributed by atoms with Gasteiger partial charge in [-0.2, -0.15) is 0 Å². The van der Waals surface area contributed by atoms with Gasteiger partial charge >= 0.3 is 5.97 Å². The van der Waals surface area contributed by atoms with Crippen molar-refractivity contribution in [2.45, 2.75) is 6.92 Å². The van der Waals surface area contributed by atoms with E-state index in [-0.39, 0.29) is 17.9 Å². The second-order valence-corrected chi connectivity index (χ2v) is 4.97. The molecule has 6 heteroatoms. The van der Waals surface area contributed by atoms with Gasteiger partial charge in [0, 0.05) is 23.5 Å². The number of hydrogen-bond donors (Lipinski definition) is 1. The van der Waals surface area contributed by atoms with Gasteiger partial charge in [-0.3, -0.25) is 9.78 Å². The fraction of sp³-hybridized carbons (Fsp3) is 0.111. The van der Waals surface area contributed by atoms with E-state index in [0.717, 1.165) is 0 Å². The maximum atomic E-state index is 12.5. The van der Waals surface area contributed by atoms with E-state index < -0.39 is 11.5 Å². The van der Waals surface area contributed by atoms with Gasteiger partial charge in [-0.05, 0) is 19.1 Å². The lowest BCUT2D eigenvalue weighted by Gasteiger charge is -2.10. The number of H-pyrrole nitrogens is 1. The van der Waals surface area contributed by atoms with Crippen molar-refractivity contribution in [3.8, 4) is 22.6 Å². The predicted molar refractivity (Wildman–Crippen MR) is 89.5 cm³/mol. The van der Waals surface area contributed by atoms with Crippen molar-refractivity contribution in [2.75, 3.05) is 6.61 Å². The van der Waals surface area contributed by atoms with Crippen molar-refractivity contribution in [1.29, 1.82) is 0 Å². The monoisotopic (exact) mass is 321 g/mol. The van der Waals surface area contributed by atoms with Gasteiger partial charge in [-0.15, -0.1) is 0 Å². The molecule has 1 N–H and O–H groups in total. The molecule has 24 heavy (non-hydrogen) atoms. The highest BCUT2D eigenvalue weighted by Crippen LogP contribution is 2.22. The van der Waals surface area contributed by atoms with Crippen LogP contribution in [0.25, 0.3) is 22.6 Å². The lowest BCUT2D eigenvalue weighted by molar-refractivity contribution is 0.0525. The maximum Gasteiger partial charge on any atom is 0.346 e. The van der Waals surface area contributed by atoms with E-state index in [1.54, 1.807) is 43.6 Å². The molecule has 6 nitrogen and oxygen atoms in total. The van der Waals surface area contributed by atoms with Crippen LogP contribution in [0.15, 0.2) is 59.7 Å². The van der Waals surface area contributed by atoms with Gasteiger partial charge in [0.25, 0.3) is 5.56 Å². The first kappa shape index (κ1) is 15.6. The van der Waals surface area contributed by atoms with Crippen LogP contribution in [0.4, 0.5) is 0 Å². The number of aromatic amines is 1. The van der Waals surface area contributed by atoms with E-state index in [0.29, 0.717) is 17.0 Å². The number of ether oxygens (including phenoxy) is 1. The zero-order valence-corrected chi connectivity index (χ0v) is 13.0. The summed E-state index contributed by atoms with van der Waals surface area (Å²) in [5, 5.41) is 0. The third kappa shape index (κ3) is 3.08. The Kier molecular flexibility index (Phi) is 4.47. The summed E-state index contributed by atoms with van der Waals surface area (Å²) in [5.74, 6) is -0.345. The van der Waals surface area contributed by atoms with Crippen LogP contribution in [0, 0.1) is 0 Å². The quantitative estimate of drug-likeness (QED) is 0.747. The summed E-state index contributed by atoms with van der Waals surface area (Å²) in [5.41, 5.74) is 0.965. The molecule has 120 valence electrons. The van der Waals surface area contributed by atoms with Crippen molar-refractivity contribution in [3.63, 3.8) is 0 Å². The minimum Gasteiger partial charge on any atom is -0.462 e. The van der Waals surface area contributed by atoms with Crippen molar-refractivity contribution in [2.24, 2.45) is 0 Å². The number of benzene rings is 1. The first-order chi connectivity index (χ1) is 11.7. The molecule has 3 rings (SSSR count). The van der Waals surface area contributed by atoms with E-state index in [9.17, 15) is 9.59 Å². The molecule has 1 aromatic carbocycles. The van der Waals surface area contributed by atoms with Gasteiger partial charge in [0.1, 0.15) is 5.82 Å². The number of carbonyl (C=O) groups excluding carboxylic acids is 1. The van der Waals surface area contributed by atoms with Gasteiger partial charge in [0.2, 0.25) is 0 Å².